The van der Waals surface area contributed by atoms with Gasteiger partial charge in [0.15, 0.2) is 0 Å². The van der Waals surface area contributed by atoms with E-state index >= 15 is 0 Å². The third-order valence-electron chi connectivity index (χ3n) is 7.45. The Balaban J connectivity index is 1.23. The van der Waals surface area contributed by atoms with E-state index in [1.807, 2.05) is 0 Å². The van der Waals surface area contributed by atoms with E-state index in [4.69, 9.17) is 0 Å². The first kappa shape index (κ1) is 28.9. The molecule has 1 saturated carbocycles. The molecule has 2 aliphatic rings. The number of aliphatic hydroxyl groups excluding tert-OH is 1. The molecule has 2 fully saturated rings. The molecule has 12 heteroatoms. The van der Waals surface area contributed by atoms with Gasteiger partial charge in [-0.05, 0) is 67.5 Å². The normalized spacial score (nSPS) is 24.4. The molecule has 2 atom stereocenters. The highest BCUT2D eigenvalue weighted by Gasteiger charge is 2.38. The van der Waals surface area contributed by atoms with Crippen molar-refractivity contribution in [2.75, 3.05) is 19.6 Å². The van der Waals surface area contributed by atoms with Crippen LogP contribution in [0.15, 0.2) is 48.5 Å². The maximum atomic E-state index is 12.9. The van der Waals surface area contributed by atoms with E-state index in [2.05, 4.69) is 15.5 Å². The van der Waals surface area contributed by atoms with Crippen molar-refractivity contribution in [3.8, 4) is 0 Å². The number of carbonyl (C=O) groups is 2. The first-order valence-electron chi connectivity index (χ1n) is 12.7. The lowest BCUT2D eigenvalue weighted by Crippen LogP contribution is -2.47. The summed E-state index contributed by atoms with van der Waals surface area (Å²) in [6, 6.07) is 8.74. The average Bonchev–Trinajstić information content (AvgIpc) is 3.26. The van der Waals surface area contributed by atoms with Crippen molar-refractivity contribution in [1.29, 1.82) is 0 Å². The summed E-state index contributed by atoms with van der Waals surface area (Å²) in [7, 11) is 0. The number of benzene rings is 2. The molecule has 4 rings (SSSR count). The number of rotatable bonds is 6. The van der Waals surface area contributed by atoms with Crippen LogP contribution in [0.2, 0.25) is 0 Å². The Kier molecular flexibility index (Phi) is 8.55. The van der Waals surface area contributed by atoms with Gasteiger partial charge >= 0.3 is 12.4 Å². The molecule has 0 unspecified atom stereocenters. The van der Waals surface area contributed by atoms with Crippen molar-refractivity contribution >= 4 is 11.8 Å². The molecule has 2 aromatic rings. The van der Waals surface area contributed by atoms with Gasteiger partial charge < -0.3 is 15.7 Å². The summed E-state index contributed by atoms with van der Waals surface area (Å²) >= 11 is 0. The van der Waals surface area contributed by atoms with Gasteiger partial charge in [0, 0.05) is 24.7 Å². The molecule has 2 aromatic carbocycles. The highest BCUT2D eigenvalue weighted by atomic mass is 19.4. The van der Waals surface area contributed by atoms with Crippen LogP contribution >= 0.6 is 0 Å². The molecule has 6 nitrogen and oxygen atoms in total. The van der Waals surface area contributed by atoms with Gasteiger partial charge in [0.05, 0.1) is 29.8 Å². The molecule has 2 amide bonds. The molecule has 0 bridgehead atoms. The Bertz CT molecular complexity index is 1160. The fourth-order valence-corrected chi connectivity index (χ4v) is 5.33. The Morgan fingerprint density at radius 2 is 1.51 bits per heavy atom. The van der Waals surface area contributed by atoms with E-state index in [1.54, 1.807) is 0 Å². The van der Waals surface area contributed by atoms with Crippen molar-refractivity contribution in [3.63, 3.8) is 0 Å². The van der Waals surface area contributed by atoms with Crippen LogP contribution in [0, 0.1) is 0 Å². The molecule has 0 radical (unpaired) electrons. The molecule has 1 saturated heterocycles. The molecule has 212 valence electrons. The number of alkyl halides is 6. The minimum Gasteiger partial charge on any atom is -0.390 e. The lowest BCUT2D eigenvalue weighted by atomic mass is 9.81. The Hall–Kier alpha value is -3.12. The fraction of sp³-hybridized carbons (Fsp3) is 0.481. The maximum Gasteiger partial charge on any atom is 0.416 e. The van der Waals surface area contributed by atoms with Gasteiger partial charge in [0.25, 0.3) is 5.91 Å². The van der Waals surface area contributed by atoms with E-state index in [0.717, 1.165) is 55.5 Å². The SMILES string of the molecule is O=C(CNC(=O)c1cccc(C(F)(F)F)c1)N[C@H]1CN(C2CCC(c3ccc(C(F)(F)F)cc3)CC2)C[C@@H]1O. The van der Waals surface area contributed by atoms with Crippen LogP contribution in [0.5, 0.6) is 0 Å². The van der Waals surface area contributed by atoms with Crippen LogP contribution in [0.1, 0.15) is 58.6 Å². The maximum absolute atomic E-state index is 12.9. The van der Waals surface area contributed by atoms with Crippen molar-refractivity contribution in [2.24, 2.45) is 0 Å². The van der Waals surface area contributed by atoms with Gasteiger partial charge in [-0.15, -0.1) is 0 Å². The predicted octanol–water partition coefficient (Wildman–Crippen LogP) is 4.34. The minimum absolute atomic E-state index is 0.159. The molecule has 1 heterocycles. The van der Waals surface area contributed by atoms with Crippen LogP contribution in [0.3, 0.4) is 0 Å². The number of hydrogen-bond acceptors (Lipinski definition) is 4. The number of β-amino-alcohol motifs (C(OH)–C–C–N with tert-alkyl or cyclic N) is 1. The first-order chi connectivity index (χ1) is 18.3. The van der Waals surface area contributed by atoms with Crippen LogP contribution in [0.25, 0.3) is 0 Å². The van der Waals surface area contributed by atoms with Gasteiger partial charge in [-0.3, -0.25) is 14.5 Å². The molecule has 0 aromatic heterocycles. The minimum atomic E-state index is -4.60. The summed E-state index contributed by atoms with van der Waals surface area (Å²) < 4.78 is 77.1. The summed E-state index contributed by atoms with van der Waals surface area (Å²) in [6.45, 7) is 0.276. The van der Waals surface area contributed by atoms with Crippen LogP contribution in [0.4, 0.5) is 26.3 Å². The van der Waals surface area contributed by atoms with Gasteiger partial charge in [-0.25, -0.2) is 0 Å². The number of amides is 2. The lowest BCUT2D eigenvalue weighted by Gasteiger charge is -2.34. The van der Waals surface area contributed by atoms with Crippen molar-refractivity contribution in [3.05, 3.63) is 70.8 Å². The fourth-order valence-electron chi connectivity index (χ4n) is 5.33. The van der Waals surface area contributed by atoms with Crippen LogP contribution < -0.4 is 10.6 Å². The number of nitrogens with one attached hydrogen (secondary N) is 2. The third kappa shape index (κ3) is 7.30. The molecule has 3 N–H and O–H groups in total. The first-order valence-corrected chi connectivity index (χ1v) is 12.7. The number of hydrogen-bond donors (Lipinski definition) is 3. The van der Waals surface area contributed by atoms with Gasteiger partial charge in [-0.2, -0.15) is 26.3 Å². The highest BCUT2D eigenvalue weighted by Crippen LogP contribution is 2.37. The second kappa shape index (κ2) is 11.5. The molecular formula is C27H29F6N3O3. The van der Waals surface area contributed by atoms with E-state index in [0.29, 0.717) is 19.2 Å². The average molecular weight is 558 g/mol. The second-order valence-corrected chi connectivity index (χ2v) is 10.1. The van der Waals surface area contributed by atoms with Gasteiger partial charge in [-0.1, -0.05) is 18.2 Å². The standard InChI is InChI=1S/C27H29F6N3O3/c28-26(29,30)19-8-4-16(5-9-19)17-6-10-21(11-7-17)36-14-22(23(37)15-36)35-24(38)13-34-25(39)18-2-1-3-20(12-18)27(31,32)33/h1-5,8-9,12,17,21-23,37H,6-7,10-11,13-15H2,(H,34,39)(H,35,38)/t17?,21?,22-,23-/m0/s1. The third-order valence-corrected chi connectivity index (χ3v) is 7.45. The molecule has 0 spiro atoms. The van der Waals surface area contributed by atoms with Gasteiger partial charge in [0.2, 0.25) is 5.91 Å². The zero-order valence-electron chi connectivity index (χ0n) is 20.9. The topological polar surface area (TPSA) is 81.7 Å². The van der Waals surface area contributed by atoms with Crippen LogP contribution in [-0.2, 0) is 17.1 Å². The second-order valence-electron chi connectivity index (χ2n) is 10.1. The largest absolute Gasteiger partial charge is 0.416 e. The summed E-state index contributed by atoms with van der Waals surface area (Å²) in [4.78, 5) is 26.7. The number of aliphatic hydroxyl groups is 1. The lowest BCUT2D eigenvalue weighted by molar-refractivity contribution is -0.138. The van der Waals surface area contributed by atoms with Crippen molar-refractivity contribution < 1.29 is 41.0 Å². The van der Waals surface area contributed by atoms with E-state index in [1.165, 1.54) is 18.2 Å². The summed E-state index contributed by atoms with van der Waals surface area (Å²) in [6.07, 6.45) is -6.62. The zero-order chi connectivity index (χ0) is 28.4. The number of likely N-dealkylation sites (tertiary alicyclic amines) is 1. The van der Waals surface area contributed by atoms with E-state index in [-0.39, 0.29) is 17.5 Å². The highest BCUT2D eigenvalue weighted by molar-refractivity contribution is 5.96. The smallest absolute Gasteiger partial charge is 0.390 e. The monoisotopic (exact) mass is 557 g/mol. The summed E-state index contributed by atoms with van der Waals surface area (Å²) in [5.74, 6) is -1.24. The summed E-state index contributed by atoms with van der Waals surface area (Å²) in [5, 5.41) is 15.5. The summed E-state index contributed by atoms with van der Waals surface area (Å²) in [5.41, 5.74) is -0.992. The number of carbonyl (C=O) groups excluding carboxylic acids is 2. The quantitative estimate of drug-likeness (QED) is 0.462. The zero-order valence-corrected chi connectivity index (χ0v) is 20.9. The molecule has 1 aliphatic carbocycles. The van der Waals surface area contributed by atoms with Gasteiger partial charge in [0.1, 0.15) is 0 Å². The Labute approximate surface area is 221 Å². The molecular weight excluding hydrogens is 528 g/mol. The Morgan fingerprint density at radius 1 is 0.872 bits per heavy atom. The molecule has 1 aliphatic heterocycles. The number of halogens is 6. The van der Waals surface area contributed by atoms with Crippen LogP contribution in [-0.4, -0.2) is 59.6 Å². The van der Waals surface area contributed by atoms with E-state index < -0.39 is 54.0 Å². The molecule has 39 heavy (non-hydrogen) atoms. The van der Waals surface area contributed by atoms with Crippen molar-refractivity contribution in [2.45, 2.75) is 62.1 Å². The van der Waals surface area contributed by atoms with Crippen molar-refractivity contribution in [1.82, 2.24) is 15.5 Å². The predicted molar refractivity (Wildman–Crippen MR) is 130 cm³/mol. The number of nitrogens with zero attached hydrogens (tertiary/aromatic N) is 1. The Morgan fingerprint density at radius 3 is 2.13 bits per heavy atom. The van der Waals surface area contributed by atoms with E-state index in [9.17, 15) is 41.0 Å².